The highest BCUT2D eigenvalue weighted by atomic mass is 35.5. The minimum absolute atomic E-state index is 0. The molecule has 0 saturated carbocycles. The van der Waals surface area contributed by atoms with Gasteiger partial charge >= 0.3 is 0 Å². The highest BCUT2D eigenvalue weighted by Crippen LogP contribution is 2.14. The molecule has 1 aliphatic heterocycles. The summed E-state index contributed by atoms with van der Waals surface area (Å²) in [6.45, 7) is 4.96. The lowest BCUT2D eigenvalue weighted by atomic mass is 9.99. The Morgan fingerprint density at radius 2 is 1.92 bits per heavy atom. The Hall–Kier alpha value is -1.66. The molecule has 1 heterocycles. The Labute approximate surface area is 148 Å². The number of hydrogen-bond acceptors (Lipinski definition) is 3. The molecular weight excluding hydrogens is 333 g/mol. The van der Waals surface area contributed by atoms with E-state index in [2.05, 4.69) is 5.32 Å². The maximum atomic E-state index is 12.9. The number of carbonyl (C=O) groups is 2. The lowest BCUT2D eigenvalue weighted by Crippen LogP contribution is -2.55. The van der Waals surface area contributed by atoms with E-state index in [1.165, 1.54) is 24.3 Å². The van der Waals surface area contributed by atoms with Crippen molar-refractivity contribution in [1.82, 2.24) is 10.2 Å². The third-order valence-corrected chi connectivity index (χ3v) is 4.10. The smallest absolute Gasteiger partial charge is 0.251 e. The largest absolute Gasteiger partial charge is 0.340 e. The molecule has 7 heteroatoms. The standard InChI is InChI=1S/C17H24FN3O2.ClH/c1-11(2)15(17(23)21-9-3-4-14(19)10-21)20-16(22)12-5-7-13(18)8-6-12;/h5-8,11,14-15H,3-4,9-10,19H2,1-2H3,(H,20,22);1H. The van der Waals surface area contributed by atoms with E-state index in [1.807, 2.05) is 13.8 Å². The van der Waals surface area contributed by atoms with E-state index in [0.29, 0.717) is 18.7 Å². The molecule has 0 bridgehead atoms. The second kappa shape index (κ2) is 8.99. The van der Waals surface area contributed by atoms with Crippen LogP contribution in [0.5, 0.6) is 0 Å². The summed E-state index contributed by atoms with van der Waals surface area (Å²) in [5.41, 5.74) is 6.26. The highest BCUT2D eigenvalue weighted by Gasteiger charge is 2.31. The van der Waals surface area contributed by atoms with Gasteiger partial charge in [-0.3, -0.25) is 9.59 Å². The van der Waals surface area contributed by atoms with Gasteiger partial charge in [0.25, 0.3) is 5.91 Å². The average molecular weight is 358 g/mol. The van der Waals surface area contributed by atoms with Crippen LogP contribution in [0, 0.1) is 11.7 Å². The molecule has 1 fully saturated rings. The minimum atomic E-state index is -0.613. The summed E-state index contributed by atoms with van der Waals surface area (Å²) in [7, 11) is 0. The first-order chi connectivity index (χ1) is 10.9. The van der Waals surface area contributed by atoms with E-state index in [4.69, 9.17) is 5.73 Å². The van der Waals surface area contributed by atoms with Crippen molar-refractivity contribution in [3.05, 3.63) is 35.6 Å². The van der Waals surface area contributed by atoms with E-state index in [0.717, 1.165) is 12.8 Å². The molecule has 134 valence electrons. The Morgan fingerprint density at radius 3 is 2.46 bits per heavy atom. The van der Waals surface area contributed by atoms with Gasteiger partial charge in [-0.25, -0.2) is 4.39 Å². The summed E-state index contributed by atoms with van der Waals surface area (Å²) in [6.07, 6.45) is 1.79. The molecule has 0 spiro atoms. The van der Waals surface area contributed by atoms with Gasteiger partial charge in [-0.15, -0.1) is 12.4 Å². The number of benzene rings is 1. The van der Waals surface area contributed by atoms with Crippen molar-refractivity contribution < 1.29 is 14.0 Å². The number of hydrogen-bond donors (Lipinski definition) is 2. The lowest BCUT2D eigenvalue weighted by molar-refractivity contribution is -0.135. The average Bonchev–Trinajstić information content (AvgIpc) is 2.52. The van der Waals surface area contributed by atoms with Gasteiger partial charge in [0.1, 0.15) is 11.9 Å². The van der Waals surface area contributed by atoms with Crippen LogP contribution in [0.2, 0.25) is 0 Å². The van der Waals surface area contributed by atoms with Gasteiger partial charge in [0.2, 0.25) is 5.91 Å². The fraction of sp³-hybridized carbons (Fsp3) is 0.529. The van der Waals surface area contributed by atoms with Crippen LogP contribution in [0.4, 0.5) is 4.39 Å². The molecule has 1 aliphatic rings. The number of nitrogens with one attached hydrogen (secondary N) is 1. The molecule has 3 N–H and O–H groups in total. The Balaban J connectivity index is 0.00000288. The van der Waals surface area contributed by atoms with Gasteiger partial charge in [-0.05, 0) is 43.0 Å². The normalized spacial score (nSPS) is 18.7. The number of rotatable bonds is 4. The molecule has 0 aromatic heterocycles. The zero-order chi connectivity index (χ0) is 17.0. The Morgan fingerprint density at radius 1 is 1.29 bits per heavy atom. The third-order valence-electron chi connectivity index (χ3n) is 4.10. The molecular formula is C17H25ClFN3O2. The fourth-order valence-electron chi connectivity index (χ4n) is 2.75. The van der Waals surface area contributed by atoms with Gasteiger partial charge in [-0.2, -0.15) is 0 Å². The maximum Gasteiger partial charge on any atom is 0.251 e. The molecule has 24 heavy (non-hydrogen) atoms. The molecule has 0 aliphatic carbocycles. The van der Waals surface area contributed by atoms with E-state index < -0.39 is 11.9 Å². The summed E-state index contributed by atoms with van der Waals surface area (Å²) < 4.78 is 12.9. The van der Waals surface area contributed by atoms with Crippen LogP contribution in [0.1, 0.15) is 37.0 Å². The minimum Gasteiger partial charge on any atom is -0.340 e. The van der Waals surface area contributed by atoms with Crippen LogP contribution >= 0.6 is 12.4 Å². The molecule has 1 aromatic carbocycles. The van der Waals surface area contributed by atoms with Crippen molar-refractivity contribution in [2.75, 3.05) is 13.1 Å². The summed E-state index contributed by atoms with van der Waals surface area (Å²) in [5.74, 6) is -0.936. The first-order valence-electron chi connectivity index (χ1n) is 7.99. The van der Waals surface area contributed by atoms with Gasteiger partial charge < -0.3 is 16.0 Å². The second-order valence-corrected chi connectivity index (χ2v) is 6.39. The zero-order valence-electron chi connectivity index (χ0n) is 14.0. The van der Waals surface area contributed by atoms with Crippen LogP contribution in [-0.4, -0.2) is 41.9 Å². The number of halogens is 2. The SMILES string of the molecule is CC(C)C(NC(=O)c1ccc(F)cc1)C(=O)N1CCCC(N)C1.Cl. The molecule has 1 aromatic rings. The van der Waals surface area contributed by atoms with Gasteiger partial charge in [-0.1, -0.05) is 13.8 Å². The van der Waals surface area contributed by atoms with Crippen molar-refractivity contribution in [2.24, 2.45) is 11.7 Å². The molecule has 2 atom stereocenters. The zero-order valence-corrected chi connectivity index (χ0v) is 14.8. The quantitative estimate of drug-likeness (QED) is 0.864. The molecule has 2 rings (SSSR count). The van der Waals surface area contributed by atoms with Gasteiger partial charge in [0.15, 0.2) is 0 Å². The van der Waals surface area contributed by atoms with Crippen molar-refractivity contribution in [3.63, 3.8) is 0 Å². The second-order valence-electron chi connectivity index (χ2n) is 6.39. The van der Waals surface area contributed by atoms with Crippen LogP contribution in [-0.2, 0) is 4.79 Å². The summed E-state index contributed by atoms with van der Waals surface area (Å²) in [5, 5.41) is 2.77. The number of carbonyl (C=O) groups excluding carboxylic acids is 2. The van der Waals surface area contributed by atoms with Crippen molar-refractivity contribution >= 4 is 24.2 Å². The predicted octanol–water partition coefficient (Wildman–Crippen LogP) is 1.95. The summed E-state index contributed by atoms with van der Waals surface area (Å²) >= 11 is 0. The number of piperidine rings is 1. The van der Waals surface area contributed by atoms with Gasteiger partial charge in [0, 0.05) is 24.7 Å². The topological polar surface area (TPSA) is 75.4 Å². The number of amides is 2. The monoisotopic (exact) mass is 357 g/mol. The first kappa shape index (κ1) is 20.4. The van der Waals surface area contributed by atoms with Crippen LogP contribution in [0.3, 0.4) is 0 Å². The molecule has 2 unspecified atom stereocenters. The van der Waals surface area contributed by atoms with Gasteiger partial charge in [0.05, 0.1) is 0 Å². The number of nitrogens with two attached hydrogens (primary N) is 1. The lowest BCUT2D eigenvalue weighted by Gasteiger charge is -2.34. The number of nitrogens with zero attached hydrogens (tertiary/aromatic N) is 1. The molecule has 0 radical (unpaired) electrons. The van der Waals surface area contributed by atoms with Crippen LogP contribution in [0.15, 0.2) is 24.3 Å². The van der Waals surface area contributed by atoms with E-state index in [-0.39, 0.29) is 36.2 Å². The molecule has 2 amide bonds. The van der Waals surface area contributed by atoms with Crippen molar-refractivity contribution in [2.45, 2.75) is 38.8 Å². The first-order valence-corrected chi connectivity index (χ1v) is 7.99. The summed E-state index contributed by atoms with van der Waals surface area (Å²) in [4.78, 5) is 26.7. The number of likely N-dealkylation sites (tertiary alicyclic amines) is 1. The Kier molecular flexibility index (Phi) is 7.63. The third kappa shape index (κ3) is 5.18. The highest BCUT2D eigenvalue weighted by molar-refractivity contribution is 5.97. The van der Waals surface area contributed by atoms with E-state index >= 15 is 0 Å². The molecule has 1 saturated heterocycles. The summed E-state index contributed by atoms with van der Waals surface area (Å²) in [6, 6.07) is 4.65. The van der Waals surface area contributed by atoms with Crippen LogP contribution in [0.25, 0.3) is 0 Å². The predicted molar refractivity (Wildman–Crippen MR) is 93.5 cm³/mol. The van der Waals surface area contributed by atoms with Crippen molar-refractivity contribution in [1.29, 1.82) is 0 Å². The van der Waals surface area contributed by atoms with Crippen molar-refractivity contribution in [3.8, 4) is 0 Å². The molecule has 5 nitrogen and oxygen atoms in total. The van der Waals surface area contributed by atoms with E-state index in [9.17, 15) is 14.0 Å². The fourth-order valence-corrected chi connectivity index (χ4v) is 2.75. The Bertz CT molecular complexity index is 565. The maximum absolute atomic E-state index is 12.9. The van der Waals surface area contributed by atoms with Crippen LogP contribution < -0.4 is 11.1 Å². The van der Waals surface area contributed by atoms with E-state index in [1.54, 1.807) is 4.90 Å².